The third-order valence-electron chi connectivity index (χ3n) is 2.62. The largest absolute Gasteiger partial charge is 0.304 e. The molecule has 0 spiro atoms. The Kier molecular flexibility index (Phi) is 2.47. The molecule has 3 heteroatoms. The lowest BCUT2D eigenvalue weighted by molar-refractivity contribution is -0.300. The van der Waals surface area contributed by atoms with Gasteiger partial charge in [0.25, 0.3) is 0 Å². The minimum atomic E-state index is -0.142. The fourth-order valence-electron chi connectivity index (χ4n) is 2.05. The van der Waals surface area contributed by atoms with Crippen LogP contribution in [0.25, 0.3) is 0 Å². The predicted octanol–water partition coefficient (Wildman–Crippen LogP) is 1.79. The van der Waals surface area contributed by atoms with Gasteiger partial charge in [0.2, 0.25) is 0 Å². The summed E-state index contributed by atoms with van der Waals surface area (Å²) in [5, 5.41) is 12.1. The molecular formula is C9H19NO2. The molecule has 1 rings (SSSR count). The minimum absolute atomic E-state index is 0.0921. The van der Waals surface area contributed by atoms with Crippen LogP contribution >= 0.6 is 0 Å². The fourth-order valence-corrected chi connectivity index (χ4v) is 2.05. The van der Waals surface area contributed by atoms with E-state index in [-0.39, 0.29) is 17.2 Å². The zero-order valence-electron chi connectivity index (χ0n) is 8.35. The molecular weight excluding hydrogens is 154 g/mol. The lowest BCUT2D eigenvalue weighted by atomic mass is 9.81. The van der Waals surface area contributed by atoms with Crippen LogP contribution in [0.3, 0.4) is 0 Å². The number of rotatable bonds is 1. The Morgan fingerprint density at radius 3 is 2.33 bits per heavy atom. The molecule has 3 nitrogen and oxygen atoms in total. The van der Waals surface area contributed by atoms with Gasteiger partial charge in [0.05, 0.1) is 0 Å². The van der Waals surface area contributed by atoms with Crippen molar-refractivity contribution in [2.75, 3.05) is 0 Å². The molecule has 0 aliphatic carbocycles. The molecule has 0 saturated carbocycles. The first kappa shape index (κ1) is 9.96. The van der Waals surface area contributed by atoms with Crippen molar-refractivity contribution < 1.29 is 10.1 Å². The maximum Gasteiger partial charge on any atom is 0.110 e. The van der Waals surface area contributed by atoms with E-state index in [2.05, 4.69) is 37.9 Å². The Bertz CT molecular complexity index is 166. The normalized spacial score (nSPS) is 33.2. The lowest BCUT2D eigenvalue weighted by Crippen LogP contribution is -2.62. The van der Waals surface area contributed by atoms with Gasteiger partial charge in [-0.2, -0.15) is 0 Å². The van der Waals surface area contributed by atoms with Crippen LogP contribution in [-0.4, -0.2) is 22.4 Å². The first-order valence-corrected chi connectivity index (χ1v) is 4.47. The molecule has 1 heterocycles. The summed E-state index contributed by atoms with van der Waals surface area (Å²) in [6.45, 7) is 8.44. The van der Waals surface area contributed by atoms with Crippen molar-refractivity contribution in [2.45, 2.75) is 57.7 Å². The fraction of sp³-hybridized carbons (Fsp3) is 1.00. The van der Waals surface area contributed by atoms with Crippen LogP contribution in [0.15, 0.2) is 0 Å². The van der Waals surface area contributed by atoms with Gasteiger partial charge >= 0.3 is 0 Å². The second-order valence-electron chi connectivity index (χ2n) is 4.86. The minimum Gasteiger partial charge on any atom is -0.304 e. The van der Waals surface area contributed by atoms with Gasteiger partial charge in [0, 0.05) is 11.1 Å². The van der Waals surface area contributed by atoms with Crippen molar-refractivity contribution in [3.8, 4) is 0 Å². The molecule has 0 aromatic heterocycles. The number of nitrogens with one attached hydrogen (secondary N) is 1. The highest BCUT2D eigenvalue weighted by Crippen LogP contribution is 2.29. The van der Waals surface area contributed by atoms with E-state index in [0.29, 0.717) is 0 Å². The van der Waals surface area contributed by atoms with E-state index in [1.54, 1.807) is 0 Å². The van der Waals surface area contributed by atoms with E-state index < -0.39 is 0 Å². The molecule has 1 fully saturated rings. The molecule has 1 unspecified atom stereocenters. The van der Waals surface area contributed by atoms with Crippen molar-refractivity contribution in [3.63, 3.8) is 0 Å². The van der Waals surface area contributed by atoms with Crippen LogP contribution in [-0.2, 0) is 4.89 Å². The average molecular weight is 173 g/mol. The maximum absolute atomic E-state index is 8.66. The van der Waals surface area contributed by atoms with E-state index >= 15 is 0 Å². The van der Waals surface area contributed by atoms with E-state index in [0.717, 1.165) is 12.8 Å². The summed E-state index contributed by atoms with van der Waals surface area (Å²) in [4.78, 5) is 4.44. The van der Waals surface area contributed by atoms with Crippen molar-refractivity contribution in [2.24, 2.45) is 0 Å². The number of piperidine rings is 1. The highest BCUT2D eigenvalue weighted by molar-refractivity contribution is 4.98. The first-order valence-electron chi connectivity index (χ1n) is 4.47. The van der Waals surface area contributed by atoms with Crippen molar-refractivity contribution in [1.82, 2.24) is 5.32 Å². The molecule has 1 aliphatic heterocycles. The van der Waals surface area contributed by atoms with Crippen molar-refractivity contribution in [1.29, 1.82) is 0 Å². The molecule has 1 atom stereocenters. The Labute approximate surface area is 74.0 Å². The summed E-state index contributed by atoms with van der Waals surface area (Å²) in [5.41, 5.74) is 0.00896. The van der Waals surface area contributed by atoms with Crippen LogP contribution in [0.2, 0.25) is 0 Å². The SMILES string of the molecule is CC1(C)CCC(OO)C(C)(C)N1. The molecule has 2 N–H and O–H groups in total. The summed E-state index contributed by atoms with van der Waals surface area (Å²) in [6, 6.07) is 0. The van der Waals surface area contributed by atoms with Gasteiger partial charge in [0.15, 0.2) is 0 Å². The highest BCUT2D eigenvalue weighted by atomic mass is 17.1. The zero-order valence-corrected chi connectivity index (χ0v) is 8.35. The summed E-state index contributed by atoms with van der Waals surface area (Å²) >= 11 is 0. The molecule has 0 amide bonds. The molecule has 1 aliphatic rings. The Balaban J connectivity index is 2.67. The van der Waals surface area contributed by atoms with Gasteiger partial charge in [-0.3, -0.25) is 5.26 Å². The van der Waals surface area contributed by atoms with Gasteiger partial charge in [0.1, 0.15) is 6.10 Å². The highest BCUT2D eigenvalue weighted by Gasteiger charge is 2.40. The van der Waals surface area contributed by atoms with E-state index in [4.69, 9.17) is 5.26 Å². The van der Waals surface area contributed by atoms with Crippen molar-refractivity contribution in [3.05, 3.63) is 0 Å². The maximum atomic E-state index is 8.66. The second-order valence-corrected chi connectivity index (χ2v) is 4.86. The van der Waals surface area contributed by atoms with Gasteiger partial charge < -0.3 is 5.32 Å². The van der Waals surface area contributed by atoms with Crippen molar-refractivity contribution >= 4 is 0 Å². The van der Waals surface area contributed by atoms with Gasteiger partial charge in [-0.15, -0.1) is 0 Å². The standard InChI is InChI=1S/C9H19NO2/c1-8(2)6-5-7(12-11)9(3,4)10-8/h7,10-11H,5-6H2,1-4H3. The zero-order chi connectivity index (χ0) is 9.41. The summed E-state index contributed by atoms with van der Waals surface area (Å²) in [5.74, 6) is 0. The molecule has 0 aromatic rings. The number of hydrogen-bond donors (Lipinski definition) is 2. The van der Waals surface area contributed by atoms with Crippen LogP contribution in [0.1, 0.15) is 40.5 Å². The molecule has 1 saturated heterocycles. The molecule has 0 aromatic carbocycles. The van der Waals surface area contributed by atoms with Crippen LogP contribution in [0.4, 0.5) is 0 Å². The molecule has 72 valence electrons. The third-order valence-corrected chi connectivity index (χ3v) is 2.62. The topological polar surface area (TPSA) is 41.5 Å². The molecule has 0 bridgehead atoms. The van der Waals surface area contributed by atoms with Gasteiger partial charge in [-0.25, -0.2) is 4.89 Å². The van der Waals surface area contributed by atoms with Crippen LogP contribution in [0.5, 0.6) is 0 Å². The monoisotopic (exact) mass is 173 g/mol. The predicted molar refractivity (Wildman–Crippen MR) is 48.0 cm³/mol. The molecule has 0 radical (unpaired) electrons. The summed E-state index contributed by atoms with van der Waals surface area (Å²) in [6.07, 6.45) is 1.84. The summed E-state index contributed by atoms with van der Waals surface area (Å²) in [7, 11) is 0. The van der Waals surface area contributed by atoms with E-state index in [9.17, 15) is 0 Å². The third kappa shape index (κ3) is 1.97. The second kappa shape index (κ2) is 2.98. The van der Waals surface area contributed by atoms with E-state index in [1.807, 2.05) is 0 Å². The van der Waals surface area contributed by atoms with Gasteiger partial charge in [-0.1, -0.05) is 0 Å². The first-order chi connectivity index (χ1) is 5.37. The Morgan fingerprint density at radius 1 is 1.33 bits per heavy atom. The average Bonchev–Trinajstić information content (AvgIpc) is 1.83. The summed E-state index contributed by atoms with van der Waals surface area (Å²) < 4.78 is 0. The van der Waals surface area contributed by atoms with Crippen LogP contribution in [0, 0.1) is 0 Å². The Morgan fingerprint density at radius 2 is 1.92 bits per heavy atom. The Hall–Kier alpha value is -0.120. The van der Waals surface area contributed by atoms with Crippen LogP contribution < -0.4 is 5.32 Å². The quantitative estimate of drug-likeness (QED) is 0.469. The smallest absolute Gasteiger partial charge is 0.110 e. The van der Waals surface area contributed by atoms with Gasteiger partial charge in [-0.05, 0) is 40.5 Å². The van der Waals surface area contributed by atoms with E-state index in [1.165, 1.54) is 0 Å². The lowest BCUT2D eigenvalue weighted by Gasteiger charge is -2.46. The molecule has 12 heavy (non-hydrogen) atoms. The number of hydrogen-bond acceptors (Lipinski definition) is 3.